The van der Waals surface area contributed by atoms with E-state index in [1.165, 1.54) is 0 Å². The molecule has 0 saturated carbocycles. The first-order valence-electron chi connectivity index (χ1n) is 5.92. The lowest BCUT2D eigenvalue weighted by molar-refractivity contribution is 0.441. The summed E-state index contributed by atoms with van der Waals surface area (Å²) in [4.78, 5) is 0. The van der Waals surface area contributed by atoms with Gasteiger partial charge in [-0.05, 0) is 24.1 Å². The highest BCUT2D eigenvalue weighted by Gasteiger charge is 2.31. The first-order valence-corrected chi connectivity index (χ1v) is 7.33. The third-order valence-electron chi connectivity index (χ3n) is 3.07. The summed E-state index contributed by atoms with van der Waals surface area (Å²) in [6.07, 6.45) is 0. The van der Waals surface area contributed by atoms with Crippen molar-refractivity contribution in [3.63, 3.8) is 0 Å². The van der Waals surface area contributed by atoms with Crippen molar-refractivity contribution < 1.29 is 12.6 Å². The summed E-state index contributed by atoms with van der Waals surface area (Å²) >= 11 is 0. The summed E-state index contributed by atoms with van der Waals surface area (Å²) in [5.41, 5.74) is 2.67. The van der Waals surface area contributed by atoms with Gasteiger partial charge >= 0.3 is 10.3 Å². The van der Waals surface area contributed by atoms with E-state index in [-0.39, 0.29) is 0 Å². The van der Waals surface area contributed by atoms with Crippen LogP contribution in [0.1, 0.15) is 22.7 Å². The molecule has 0 amide bonds. The van der Waals surface area contributed by atoms with Gasteiger partial charge in [-0.15, -0.1) is 0 Å². The number of hydrogen-bond donors (Lipinski definition) is 1. The molecule has 0 unspecified atom stereocenters. The first kappa shape index (κ1) is 12.2. The van der Waals surface area contributed by atoms with Crippen LogP contribution in [0.3, 0.4) is 0 Å². The summed E-state index contributed by atoms with van der Waals surface area (Å²) in [6, 6.07) is 14.6. The summed E-state index contributed by atoms with van der Waals surface area (Å²) in [5, 5.41) is 0. The van der Waals surface area contributed by atoms with Crippen LogP contribution in [0.2, 0.25) is 0 Å². The lowest BCUT2D eigenvalue weighted by Crippen LogP contribution is -2.37. The molecular formula is C14H13NO3S. The van der Waals surface area contributed by atoms with Crippen LogP contribution in [-0.4, -0.2) is 8.42 Å². The van der Waals surface area contributed by atoms with Crippen molar-refractivity contribution >= 4 is 10.3 Å². The predicted octanol–water partition coefficient (Wildman–Crippen LogP) is 2.31. The Morgan fingerprint density at radius 1 is 1.11 bits per heavy atom. The Balaban J connectivity index is 2.17. The number of fused-ring (bicyclic) bond motifs is 1. The molecule has 0 aliphatic carbocycles. The molecule has 0 fully saturated rings. The van der Waals surface area contributed by atoms with Crippen LogP contribution in [0.4, 0.5) is 0 Å². The van der Waals surface area contributed by atoms with E-state index in [9.17, 15) is 8.42 Å². The maximum absolute atomic E-state index is 11.8. The van der Waals surface area contributed by atoms with Crippen molar-refractivity contribution in [2.75, 3.05) is 0 Å². The molecule has 0 saturated heterocycles. The van der Waals surface area contributed by atoms with Crippen molar-refractivity contribution in [3.05, 3.63) is 65.2 Å². The number of benzene rings is 2. The molecule has 1 aliphatic rings. The van der Waals surface area contributed by atoms with Crippen LogP contribution in [-0.2, 0) is 10.3 Å². The maximum Gasteiger partial charge on any atom is 0.383 e. The Hall–Kier alpha value is -1.85. The highest BCUT2D eigenvalue weighted by Crippen LogP contribution is 2.35. The third-order valence-corrected chi connectivity index (χ3v) is 4.00. The van der Waals surface area contributed by atoms with Gasteiger partial charge < -0.3 is 4.18 Å². The van der Waals surface area contributed by atoms with Crippen LogP contribution < -0.4 is 8.91 Å². The Morgan fingerprint density at radius 3 is 2.58 bits per heavy atom. The molecule has 0 aromatic heterocycles. The molecular weight excluding hydrogens is 262 g/mol. The van der Waals surface area contributed by atoms with Crippen molar-refractivity contribution in [2.24, 2.45) is 0 Å². The molecule has 2 aromatic rings. The van der Waals surface area contributed by atoms with Gasteiger partial charge in [0.25, 0.3) is 0 Å². The molecule has 19 heavy (non-hydrogen) atoms. The van der Waals surface area contributed by atoms with Gasteiger partial charge in [0, 0.05) is 5.56 Å². The fourth-order valence-electron chi connectivity index (χ4n) is 2.20. The molecule has 1 aliphatic heterocycles. The lowest BCUT2D eigenvalue weighted by atomic mass is 9.98. The average Bonchev–Trinajstić information content (AvgIpc) is 2.37. The quantitative estimate of drug-likeness (QED) is 0.869. The lowest BCUT2D eigenvalue weighted by Gasteiger charge is -2.26. The van der Waals surface area contributed by atoms with E-state index in [0.29, 0.717) is 5.75 Å². The normalized spacial score (nSPS) is 20.4. The standard InChI is InChI=1S/C14H13NO3S/c1-10-7-8-12-13(9-10)18-19(16,17)15-14(12)11-5-3-2-4-6-11/h2-9,14-15H,1H3/t14-/m1/s1. The van der Waals surface area contributed by atoms with Gasteiger partial charge in [-0.25, -0.2) is 0 Å². The SMILES string of the molecule is Cc1ccc2c(c1)OS(=O)(=O)N[C@@H]2c1ccccc1. The van der Waals surface area contributed by atoms with Gasteiger partial charge in [0.05, 0.1) is 6.04 Å². The summed E-state index contributed by atoms with van der Waals surface area (Å²) < 4.78 is 31.1. The Bertz CT molecular complexity index is 711. The molecule has 1 atom stereocenters. The van der Waals surface area contributed by atoms with Gasteiger partial charge in [0.1, 0.15) is 5.75 Å². The highest BCUT2D eigenvalue weighted by molar-refractivity contribution is 7.85. The minimum absolute atomic E-state index is 0.396. The average molecular weight is 275 g/mol. The smallest absolute Gasteiger partial charge is 0.371 e. The summed E-state index contributed by atoms with van der Waals surface area (Å²) in [5.74, 6) is 0.396. The zero-order valence-corrected chi connectivity index (χ0v) is 11.1. The molecule has 1 N–H and O–H groups in total. The maximum atomic E-state index is 11.8. The van der Waals surface area contributed by atoms with E-state index < -0.39 is 16.3 Å². The van der Waals surface area contributed by atoms with E-state index in [0.717, 1.165) is 16.7 Å². The number of hydrogen-bond acceptors (Lipinski definition) is 3. The second-order valence-corrected chi connectivity index (χ2v) is 5.85. The van der Waals surface area contributed by atoms with E-state index in [1.807, 2.05) is 49.4 Å². The number of aryl methyl sites for hydroxylation is 1. The second-order valence-electron chi connectivity index (χ2n) is 4.54. The Labute approximate surface area is 112 Å². The minimum Gasteiger partial charge on any atom is -0.371 e. The van der Waals surface area contributed by atoms with E-state index in [2.05, 4.69) is 4.72 Å². The van der Waals surface area contributed by atoms with Crippen molar-refractivity contribution in [1.82, 2.24) is 4.72 Å². The van der Waals surface area contributed by atoms with Crippen LogP contribution in [0.25, 0.3) is 0 Å². The third kappa shape index (κ3) is 2.34. The Morgan fingerprint density at radius 2 is 1.84 bits per heavy atom. The van der Waals surface area contributed by atoms with Gasteiger partial charge in [-0.1, -0.05) is 42.5 Å². The monoisotopic (exact) mass is 275 g/mol. The molecule has 5 heteroatoms. The molecule has 0 spiro atoms. The molecule has 98 valence electrons. The van der Waals surface area contributed by atoms with Crippen molar-refractivity contribution in [2.45, 2.75) is 13.0 Å². The fraction of sp³-hybridized carbons (Fsp3) is 0.143. The fourth-order valence-corrected chi connectivity index (χ4v) is 3.18. The van der Waals surface area contributed by atoms with E-state index in [4.69, 9.17) is 4.18 Å². The van der Waals surface area contributed by atoms with Crippen LogP contribution in [0.5, 0.6) is 5.75 Å². The zero-order chi connectivity index (χ0) is 13.5. The predicted molar refractivity (Wildman–Crippen MR) is 72.1 cm³/mol. The topological polar surface area (TPSA) is 55.4 Å². The molecule has 0 radical (unpaired) electrons. The first-order chi connectivity index (χ1) is 9.05. The second kappa shape index (κ2) is 4.36. The van der Waals surface area contributed by atoms with Crippen molar-refractivity contribution in [3.8, 4) is 5.75 Å². The molecule has 1 heterocycles. The molecule has 3 rings (SSSR count). The van der Waals surface area contributed by atoms with Crippen LogP contribution in [0, 0.1) is 6.92 Å². The minimum atomic E-state index is -3.76. The Kier molecular flexibility index (Phi) is 2.80. The summed E-state index contributed by atoms with van der Waals surface area (Å²) in [6.45, 7) is 1.90. The van der Waals surface area contributed by atoms with Gasteiger partial charge in [0.2, 0.25) is 0 Å². The molecule has 0 bridgehead atoms. The zero-order valence-electron chi connectivity index (χ0n) is 10.3. The van der Waals surface area contributed by atoms with E-state index in [1.54, 1.807) is 6.07 Å². The molecule has 2 aromatic carbocycles. The van der Waals surface area contributed by atoms with Gasteiger partial charge in [-0.2, -0.15) is 13.1 Å². The van der Waals surface area contributed by atoms with E-state index >= 15 is 0 Å². The number of rotatable bonds is 1. The highest BCUT2D eigenvalue weighted by atomic mass is 32.2. The van der Waals surface area contributed by atoms with Crippen LogP contribution >= 0.6 is 0 Å². The van der Waals surface area contributed by atoms with Crippen molar-refractivity contribution in [1.29, 1.82) is 0 Å². The molecule has 4 nitrogen and oxygen atoms in total. The number of nitrogens with one attached hydrogen (secondary N) is 1. The van der Waals surface area contributed by atoms with Gasteiger partial charge in [-0.3, -0.25) is 0 Å². The van der Waals surface area contributed by atoms with Gasteiger partial charge in [0.15, 0.2) is 0 Å². The largest absolute Gasteiger partial charge is 0.383 e. The van der Waals surface area contributed by atoms with Crippen LogP contribution in [0.15, 0.2) is 48.5 Å². The summed E-state index contributed by atoms with van der Waals surface area (Å²) in [7, 11) is -3.76.